The van der Waals surface area contributed by atoms with Gasteiger partial charge in [0.1, 0.15) is 5.58 Å². The van der Waals surface area contributed by atoms with Crippen LogP contribution < -0.4 is 5.19 Å². The molecule has 4 aromatic carbocycles. The van der Waals surface area contributed by atoms with Crippen LogP contribution in [0.3, 0.4) is 0 Å². The van der Waals surface area contributed by atoms with Crippen molar-refractivity contribution in [3.05, 3.63) is 139 Å². The average Bonchev–Trinajstić information content (AvgIpc) is 3.67. The number of para-hydroxylation sites is 2. The van der Waals surface area contributed by atoms with E-state index in [1.165, 1.54) is 10.8 Å². The van der Waals surface area contributed by atoms with Crippen LogP contribution in [0.15, 0.2) is 126 Å². The summed E-state index contributed by atoms with van der Waals surface area (Å²) in [7, 11) is -1.34. The minimum atomic E-state index is -1.34. The van der Waals surface area contributed by atoms with Crippen LogP contribution >= 0.6 is 0 Å². The molecule has 0 saturated carbocycles. The maximum Gasteiger partial charge on any atom is 0.120 e. The van der Waals surface area contributed by atoms with Gasteiger partial charge in [-0.1, -0.05) is 92.5 Å². The largest absolute Gasteiger partial charge is 0.501 e. The first-order valence-corrected chi connectivity index (χ1v) is 19.9. The Labute approximate surface area is 302 Å². The van der Waals surface area contributed by atoms with E-state index in [0.29, 0.717) is 5.92 Å². The molecule has 4 heterocycles. The minimum absolute atomic E-state index is 0. The molecule has 0 aliphatic heterocycles. The van der Waals surface area contributed by atoms with Gasteiger partial charge >= 0.3 is 0 Å². The van der Waals surface area contributed by atoms with Gasteiger partial charge in [-0.05, 0) is 47.5 Å². The molecule has 0 unspecified atom stereocenters. The number of hydrogen-bond donors (Lipinski definition) is 0. The third-order valence-electron chi connectivity index (χ3n) is 8.44. The Hall–Kier alpha value is -4.68. The molecule has 0 fully saturated rings. The van der Waals surface area contributed by atoms with Crippen LogP contribution in [0, 0.1) is 18.1 Å². The minimum Gasteiger partial charge on any atom is -0.501 e. The fourth-order valence-corrected chi connectivity index (χ4v) is 7.86. The monoisotopic (exact) mass is 835 g/mol. The molecule has 8 rings (SSSR count). The molecule has 0 N–H and O–H groups in total. The topological polar surface area (TPSA) is 56.7 Å². The molecule has 8 aromatic rings. The average molecular weight is 835 g/mol. The molecular formula is C42H38IrN4OSi-2. The van der Waals surface area contributed by atoms with E-state index in [1.807, 2.05) is 79.0 Å². The van der Waals surface area contributed by atoms with Crippen molar-refractivity contribution in [3.63, 3.8) is 0 Å². The summed E-state index contributed by atoms with van der Waals surface area (Å²) < 4.78 is 8.34. The number of fused-ring (bicyclic) bond motifs is 4. The van der Waals surface area contributed by atoms with Gasteiger partial charge in [0.2, 0.25) is 0 Å². The van der Waals surface area contributed by atoms with Gasteiger partial charge in [-0.3, -0.25) is 9.97 Å². The number of pyridine rings is 2. The zero-order valence-electron chi connectivity index (χ0n) is 28.4. The van der Waals surface area contributed by atoms with Gasteiger partial charge in [-0.15, -0.1) is 54.1 Å². The number of furan rings is 1. The van der Waals surface area contributed by atoms with Crippen LogP contribution in [0.1, 0.15) is 19.4 Å². The van der Waals surface area contributed by atoms with Crippen LogP contribution in [0.5, 0.6) is 0 Å². The van der Waals surface area contributed by atoms with E-state index in [0.717, 1.165) is 67.7 Å². The fourth-order valence-electron chi connectivity index (χ4n) is 6.27. The molecule has 0 aliphatic rings. The van der Waals surface area contributed by atoms with Crippen LogP contribution in [0.2, 0.25) is 19.6 Å². The molecule has 0 saturated heterocycles. The summed E-state index contributed by atoms with van der Waals surface area (Å²) in [6, 6.07) is 41.1. The summed E-state index contributed by atoms with van der Waals surface area (Å²) >= 11 is 0. The van der Waals surface area contributed by atoms with Gasteiger partial charge in [0.15, 0.2) is 0 Å². The predicted octanol–water partition coefficient (Wildman–Crippen LogP) is 10.1. The Morgan fingerprint density at radius 3 is 2.35 bits per heavy atom. The molecular weight excluding hydrogens is 797 g/mol. The molecule has 247 valence electrons. The first-order chi connectivity index (χ1) is 23.3. The first-order valence-electron chi connectivity index (χ1n) is 16.4. The Morgan fingerprint density at radius 2 is 1.59 bits per heavy atom. The van der Waals surface area contributed by atoms with Crippen molar-refractivity contribution >= 4 is 46.2 Å². The zero-order chi connectivity index (χ0) is 33.3. The molecule has 7 heteroatoms. The zero-order valence-corrected chi connectivity index (χ0v) is 31.8. The van der Waals surface area contributed by atoms with Crippen molar-refractivity contribution in [2.75, 3.05) is 0 Å². The molecule has 4 aromatic heterocycles. The molecule has 0 aliphatic carbocycles. The second-order valence-electron chi connectivity index (χ2n) is 13.5. The second kappa shape index (κ2) is 14.4. The van der Waals surface area contributed by atoms with Crippen molar-refractivity contribution < 1.29 is 24.5 Å². The fraction of sp³-hybridized carbons (Fsp3) is 0.167. The van der Waals surface area contributed by atoms with E-state index in [2.05, 4.69) is 96.7 Å². The number of hydrogen-bond acceptors (Lipinski definition) is 4. The van der Waals surface area contributed by atoms with Crippen molar-refractivity contribution in [1.82, 2.24) is 19.5 Å². The van der Waals surface area contributed by atoms with E-state index >= 15 is 0 Å². The first kappa shape index (κ1) is 34.2. The molecule has 1 radical (unpaired) electrons. The third kappa shape index (κ3) is 7.06. The molecule has 5 nitrogen and oxygen atoms in total. The van der Waals surface area contributed by atoms with E-state index in [-0.39, 0.29) is 20.1 Å². The second-order valence-corrected chi connectivity index (χ2v) is 18.6. The number of nitrogens with zero attached hydrogens (tertiary/aromatic N) is 4. The SMILES string of the molecule is CC(C)Cc1cc(-c2[c-]cccc2)ncc1[Si](C)(C)C.[Ir].[c-]1ccc2c(oc3ccccc32)c1-c1nc2ccncc2n1-c1ccccc1. The van der Waals surface area contributed by atoms with Gasteiger partial charge < -0.3 is 14.0 Å². The number of aromatic nitrogens is 4. The number of imidazole rings is 1. The summed E-state index contributed by atoms with van der Waals surface area (Å²) in [5.41, 5.74) is 8.96. The Kier molecular flexibility index (Phi) is 10.1. The predicted molar refractivity (Wildman–Crippen MR) is 200 cm³/mol. The summed E-state index contributed by atoms with van der Waals surface area (Å²) in [5.74, 6) is 1.46. The molecule has 0 bridgehead atoms. The van der Waals surface area contributed by atoms with Crippen molar-refractivity contribution in [3.8, 4) is 28.3 Å². The van der Waals surface area contributed by atoms with Crippen LogP contribution in [-0.4, -0.2) is 27.6 Å². The maximum atomic E-state index is 6.22. The van der Waals surface area contributed by atoms with Gasteiger partial charge in [-0.2, -0.15) is 0 Å². The smallest absolute Gasteiger partial charge is 0.120 e. The van der Waals surface area contributed by atoms with E-state index in [4.69, 9.17) is 9.40 Å². The van der Waals surface area contributed by atoms with Crippen LogP contribution in [-0.2, 0) is 26.5 Å². The summed E-state index contributed by atoms with van der Waals surface area (Å²) in [4.78, 5) is 13.9. The van der Waals surface area contributed by atoms with Crippen molar-refractivity contribution in [2.45, 2.75) is 39.9 Å². The Bertz CT molecular complexity index is 2340. The standard InChI is InChI=1S/C24H14N3O.C18H24NSi.Ir/c1-2-7-16(8-3-1)27-21-15-25-14-13-20(21)26-24(27)19-11-6-10-18-17-9-4-5-12-22(17)28-23(18)19;1-14(2)11-16-12-17(15-9-7-6-8-10-15)19-13-18(16)20(3,4)5;/h1-10,12-15H;6-9,12-14H,11H2,1-5H3;/q2*-1;. The molecule has 0 atom stereocenters. The van der Waals surface area contributed by atoms with E-state index < -0.39 is 8.07 Å². The van der Waals surface area contributed by atoms with E-state index in [1.54, 1.807) is 6.20 Å². The van der Waals surface area contributed by atoms with Gasteiger partial charge in [0, 0.05) is 43.6 Å². The number of benzene rings is 4. The molecule has 0 spiro atoms. The number of rotatable bonds is 6. The van der Waals surface area contributed by atoms with Crippen LogP contribution in [0.25, 0.3) is 61.3 Å². The Morgan fingerprint density at radius 1 is 0.816 bits per heavy atom. The summed E-state index contributed by atoms with van der Waals surface area (Å²) in [6.45, 7) is 11.7. The van der Waals surface area contributed by atoms with Gasteiger partial charge in [0.25, 0.3) is 0 Å². The molecule has 49 heavy (non-hydrogen) atoms. The summed E-state index contributed by atoms with van der Waals surface area (Å²) in [5, 5.41) is 3.65. The third-order valence-corrected chi connectivity index (χ3v) is 10.5. The quantitative estimate of drug-likeness (QED) is 0.124. The van der Waals surface area contributed by atoms with Crippen molar-refractivity contribution in [2.24, 2.45) is 5.92 Å². The normalized spacial score (nSPS) is 11.5. The molecule has 0 amide bonds. The van der Waals surface area contributed by atoms with E-state index in [9.17, 15) is 0 Å². The Balaban J connectivity index is 0.000000177. The van der Waals surface area contributed by atoms with Crippen LogP contribution in [0.4, 0.5) is 0 Å². The maximum absolute atomic E-state index is 6.22. The summed E-state index contributed by atoms with van der Waals surface area (Å²) in [6.07, 6.45) is 6.85. The van der Waals surface area contributed by atoms with Crippen molar-refractivity contribution in [1.29, 1.82) is 0 Å². The van der Waals surface area contributed by atoms with Gasteiger partial charge in [-0.25, -0.2) is 0 Å². The van der Waals surface area contributed by atoms with Gasteiger partial charge in [0.05, 0.1) is 36.7 Å².